The van der Waals surface area contributed by atoms with Gasteiger partial charge in [0.1, 0.15) is 5.82 Å². The largest absolute Gasteiger partial charge is 0.271 e. The predicted molar refractivity (Wildman–Crippen MR) is 80.8 cm³/mol. The molecule has 0 saturated carbocycles. The molecule has 0 amide bonds. The third kappa shape index (κ3) is 3.03. The molecule has 1 aromatic heterocycles. The van der Waals surface area contributed by atoms with Crippen LogP contribution in [-0.2, 0) is 13.5 Å². The molecule has 108 valence electrons. The van der Waals surface area contributed by atoms with Crippen molar-refractivity contribution in [1.82, 2.24) is 15.2 Å². The number of rotatable bonds is 4. The Kier molecular flexibility index (Phi) is 4.80. The molecule has 0 aliphatic rings. The summed E-state index contributed by atoms with van der Waals surface area (Å²) in [5.74, 6) is 5.19. The quantitative estimate of drug-likeness (QED) is 0.650. The van der Waals surface area contributed by atoms with Crippen molar-refractivity contribution in [3.63, 3.8) is 0 Å². The predicted octanol–water partition coefficient (Wildman–Crippen LogP) is 3.03. The molecule has 20 heavy (non-hydrogen) atoms. The maximum absolute atomic E-state index is 14.0. The summed E-state index contributed by atoms with van der Waals surface area (Å²) in [5.41, 5.74) is 4.95. The SMILES string of the molecule is Cc1nn(C)c(CC(NN)c2ccc(Cl)cc2F)c1Br. The van der Waals surface area contributed by atoms with E-state index in [2.05, 4.69) is 26.5 Å². The highest BCUT2D eigenvalue weighted by molar-refractivity contribution is 9.10. The van der Waals surface area contributed by atoms with E-state index in [9.17, 15) is 4.39 Å². The summed E-state index contributed by atoms with van der Waals surface area (Å²) in [6, 6.07) is 4.20. The summed E-state index contributed by atoms with van der Waals surface area (Å²) >= 11 is 9.26. The summed E-state index contributed by atoms with van der Waals surface area (Å²) in [4.78, 5) is 0. The van der Waals surface area contributed by atoms with Crippen molar-refractivity contribution < 1.29 is 4.39 Å². The van der Waals surface area contributed by atoms with Crippen LogP contribution in [0.2, 0.25) is 5.02 Å². The first-order valence-corrected chi connectivity index (χ1v) is 7.20. The molecule has 0 aliphatic carbocycles. The van der Waals surface area contributed by atoms with Gasteiger partial charge in [0.25, 0.3) is 0 Å². The lowest BCUT2D eigenvalue weighted by molar-refractivity contribution is 0.496. The first-order chi connectivity index (χ1) is 9.43. The van der Waals surface area contributed by atoms with Gasteiger partial charge in [-0.1, -0.05) is 17.7 Å². The van der Waals surface area contributed by atoms with Gasteiger partial charge in [-0.2, -0.15) is 5.10 Å². The maximum Gasteiger partial charge on any atom is 0.129 e. The Morgan fingerprint density at radius 3 is 2.75 bits per heavy atom. The van der Waals surface area contributed by atoms with E-state index in [0.717, 1.165) is 15.9 Å². The van der Waals surface area contributed by atoms with Gasteiger partial charge in [-0.25, -0.2) is 4.39 Å². The number of nitrogens with zero attached hydrogens (tertiary/aromatic N) is 2. The Morgan fingerprint density at radius 1 is 1.55 bits per heavy atom. The summed E-state index contributed by atoms with van der Waals surface area (Å²) < 4.78 is 16.7. The zero-order valence-electron chi connectivity index (χ0n) is 11.1. The smallest absolute Gasteiger partial charge is 0.129 e. The second kappa shape index (κ2) is 6.22. The zero-order valence-corrected chi connectivity index (χ0v) is 13.5. The van der Waals surface area contributed by atoms with Crippen LogP contribution >= 0.6 is 27.5 Å². The fourth-order valence-corrected chi connectivity index (χ4v) is 2.79. The molecule has 0 fully saturated rings. The van der Waals surface area contributed by atoms with Gasteiger partial charge in [0, 0.05) is 24.1 Å². The fraction of sp³-hybridized carbons (Fsp3) is 0.308. The van der Waals surface area contributed by atoms with Gasteiger partial charge in [-0.3, -0.25) is 16.0 Å². The maximum atomic E-state index is 14.0. The van der Waals surface area contributed by atoms with Crippen molar-refractivity contribution in [2.45, 2.75) is 19.4 Å². The lowest BCUT2D eigenvalue weighted by Crippen LogP contribution is -2.31. The monoisotopic (exact) mass is 360 g/mol. The van der Waals surface area contributed by atoms with Gasteiger partial charge >= 0.3 is 0 Å². The summed E-state index contributed by atoms with van der Waals surface area (Å²) in [5, 5.41) is 4.68. The minimum atomic E-state index is -0.379. The number of hydrogen-bond acceptors (Lipinski definition) is 3. The van der Waals surface area contributed by atoms with E-state index in [1.165, 1.54) is 6.07 Å². The normalized spacial score (nSPS) is 12.7. The van der Waals surface area contributed by atoms with E-state index >= 15 is 0 Å². The molecule has 2 rings (SSSR count). The zero-order chi connectivity index (χ0) is 14.9. The number of aromatic nitrogens is 2. The van der Waals surface area contributed by atoms with Crippen molar-refractivity contribution in [1.29, 1.82) is 0 Å². The topological polar surface area (TPSA) is 55.9 Å². The number of benzene rings is 1. The van der Waals surface area contributed by atoms with Crippen molar-refractivity contribution in [3.05, 3.63) is 50.5 Å². The highest BCUT2D eigenvalue weighted by Gasteiger charge is 2.20. The second-order valence-electron chi connectivity index (χ2n) is 4.56. The minimum absolute atomic E-state index is 0.361. The molecule has 0 bridgehead atoms. The molecule has 4 nitrogen and oxygen atoms in total. The van der Waals surface area contributed by atoms with Crippen LogP contribution in [0.1, 0.15) is 23.0 Å². The van der Waals surface area contributed by atoms with Crippen LogP contribution in [0.15, 0.2) is 22.7 Å². The Morgan fingerprint density at radius 2 is 2.25 bits per heavy atom. The highest BCUT2D eigenvalue weighted by atomic mass is 79.9. The molecule has 2 aromatic rings. The van der Waals surface area contributed by atoms with Crippen molar-refractivity contribution >= 4 is 27.5 Å². The molecule has 1 aromatic carbocycles. The van der Waals surface area contributed by atoms with Gasteiger partial charge in [0.15, 0.2) is 0 Å². The molecule has 3 N–H and O–H groups in total. The Hall–Kier alpha value is -0.950. The van der Waals surface area contributed by atoms with E-state index in [0.29, 0.717) is 17.0 Å². The van der Waals surface area contributed by atoms with Crippen LogP contribution in [0.5, 0.6) is 0 Å². The molecule has 1 atom stereocenters. The Balaban J connectivity index is 2.33. The van der Waals surface area contributed by atoms with E-state index in [1.54, 1.807) is 16.8 Å². The minimum Gasteiger partial charge on any atom is -0.271 e. The molecule has 0 spiro atoms. The molecule has 1 heterocycles. The van der Waals surface area contributed by atoms with Crippen LogP contribution in [0.3, 0.4) is 0 Å². The van der Waals surface area contributed by atoms with E-state index in [-0.39, 0.29) is 11.9 Å². The number of nitrogens with two attached hydrogens (primary N) is 1. The van der Waals surface area contributed by atoms with Gasteiger partial charge in [-0.05, 0) is 35.0 Å². The summed E-state index contributed by atoms with van der Waals surface area (Å²) in [6.07, 6.45) is 0.507. The average Bonchev–Trinajstić information content (AvgIpc) is 2.62. The summed E-state index contributed by atoms with van der Waals surface area (Å²) in [7, 11) is 1.85. The molecule has 1 unspecified atom stereocenters. The van der Waals surface area contributed by atoms with Gasteiger partial charge in [0.2, 0.25) is 0 Å². The third-order valence-corrected chi connectivity index (χ3v) is 4.46. The van der Waals surface area contributed by atoms with Crippen LogP contribution in [-0.4, -0.2) is 9.78 Å². The Labute approximate surface area is 130 Å². The molecular formula is C13H15BrClFN4. The average molecular weight is 362 g/mol. The number of halogens is 3. The lowest BCUT2D eigenvalue weighted by Gasteiger charge is -2.17. The molecule has 0 radical (unpaired) electrons. The van der Waals surface area contributed by atoms with Crippen LogP contribution in [0.25, 0.3) is 0 Å². The lowest BCUT2D eigenvalue weighted by atomic mass is 10.0. The molecular weight excluding hydrogens is 347 g/mol. The van der Waals surface area contributed by atoms with Crippen molar-refractivity contribution in [2.24, 2.45) is 12.9 Å². The first-order valence-electron chi connectivity index (χ1n) is 6.03. The summed E-state index contributed by atoms with van der Waals surface area (Å²) in [6.45, 7) is 1.90. The Bertz CT molecular complexity index is 629. The third-order valence-electron chi connectivity index (χ3n) is 3.20. The second-order valence-corrected chi connectivity index (χ2v) is 5.79. The fourth-order valence-electron chi connectivity index (χ4n) is 2.14. The number of hydrazine groups is 1. The number of aryl methyl sites for hydroxylation is 2. The van der Waals surface area contributed by atoms with Crippen LogP contribution in [0.4, 0.5) is 4.39 Å². The number of nitrogens with one attached hydrogen (secondary N) is 1. The number of hydrogen-bond donors (Lipinski definition) is 2. The standard InChI is InChI=1S/C13H15BrClFN4/c1-7-13(14)12(20(2)19-7)6-11(18-17)9-4-3-8(15)5-10(9)16/h3-5,11,18H,6,17H2,1-2H3. The van der Waals surface area contributed by atoms with Crippen LogP contribution in [0, 0.1) is 12.7 Å². The van der Waals surface area contributed by atoms with E-state index < -0.39 is 0 Å². The first kappa shape index (κ1) is 15.4. The van der Waals surface area contributed by atoms with E-state index in [4.69, 9.17) is 17.4 Å². The van der Waals surface area contributed by atoms with Crippen LogP contribution < -0.4 is 11.3 Å². The van der Waals surface area contributed by atoms with Crippen molar-refractivity contribution in [2.75, 3.05) is 0 Å². The van der Waals surface area contributed by atoms with Gasteiger partial charge < -0.3 is 0 Å². The molecule has 7 heteroatoms. The highest BCUT2D eigenvalue weighted by Crippen LogP contribution is 2.27. The molecule has 0 saturated heterocycles. The van der Waals surface area contributed by atoms with Gasteiger partial charge in [-0.15, -0.1) is 0 Å². The van der Waals surface area contributed by atoms with Crippen molar-refractivity contribution in [3.8, 4) is 0 Å². The van der Waals surface area contributed by atoms with Gasteiger partial charge in [0.05, 0.1) is 21.9 Å². The van der Waals surface area contributed by atoms with E-state index in [1.807, 2.05) is 14.0 Å². The molecule has 0 aliphatic heterocycles.